The topological polar surface area (TPSA) is 538 Å². The number of hydrogen-bond acceptors (Lipinski definition) is 15. The fraction of sp³-hybridized carbons (Fsp3) is 0.453. The van der Waals surface area contributed by atoms with Crippen molar-refractivity contribution < 1.29 is 53.1 Å². The normalized spacial score (nSPS) is 14.2. The van der Waals surface area contributed by atoms with Crippen LogP contribution >= 0.6 is 0 Å². The minimum atomic E-state index is -1.48. The molecule has 95 heavy (non-hydrogen) atoms. The second-order valence-electron chi connectivity index (χ2n) is 23.1. The minimum Gasteiger partial charge on any atom is -0.481 e. The number of benzene rings is 3. The van der Waals surface area contributed by atoms with Gasteiger partial charge < -0.3 is 97.7 Å². The molecular formula is C64H92N20O11. The monoisotopic (exact) mass is 1320 g/mol. The zero-order chi connectivity index (χ0) is 69.4. The van der Waals surface area contributed by atoms with Gasteiger partial charge in [-0.05, 0) is 86.6 Å². The van der Waals surface area contributed by atoms with E-state index in [1.165, 1.54) is 12.5 Å². The number of unbranched alkanes of at least 4 members (excludes halogenated alkanes) is 1. The van der Waals surface area contributed by atoms with Crippen LogP contribution in [0, 0.1) is 5.92 Å². The van der Waals surface area contributed by atoms with Crippen LogP contribution in [0.15, 0.2) is 114 Å². The number of imidazole rings is 1. The molecule has 0 aliphatic rings. The summed E-state index contributed by atoms with van der Waals surface area (Å²) in [6.45, 7) is 3.99. The van der Waals surface area contributed by atoms with Crippen LogP contribution in [0.1, 0.15) is 100 Å². The molecule has 25 N–H and O–H groups in total. The molecule has 0 aliphatic heterocycles. The van der Waals surface area contributed by atoms with Crippen LogP contribution < -0.4 is 82.7 Å². The lowest BCUT2D eigenvalue weighted by Crippen LogP contribution is -2.62. The third-order valence-electron chi connectivity index (χ3n) is 15.7. The van der Waals surface area contributed by atoms with E-state index in [0.717, 1.165) is 10.9 Å². The molecule has 31 nitrogen and oxygen atoms in total. The Labute approximate surface area is 550 Å². The van der Waals surface area contributed by atoms with Crippen molar-refractivity contribution in [3.63, 3.8) is 0 Å². The van der Waals surface area contributed by atoms with Gasteiger partial charge in [-0.2, -0.15) is 0 Å². The maximum Gasteiger partial charge on any atom is 0.303 e. The Morgan fingerprint density at radius 1 is 0.516 bits per heavy atom. The van der Waals surface area contributed by atoms with Crippen molar-refractivity contribution in [1.82, 2.24) is 57.5 Å². The standard InChI is InChI=1S/C64H92N20O11/c1-3-37(2)53(84-61(94)49(31-39-18-8-5-9-19-39)81-59(92)50(32-40-34-75-44-22-11-10-20-42(40)44)80-55(88)43(66)21-14-28-73-63(68)69)62(95)83-48(30-38-16-6-4-7-17-38)58(91)82-51(33-41-35-72-36-76-41)60(93)79-46(23-12-13-27-65)57(90)78-47(24-15-29-74-64(70)71)56(89)77-45(54(67)87)25-26-52(85)86/h4-11,16-20,22,34-37,43,45-51,53,75H,3,12-15,21,23-33,65-66H2,1-2H3,(H2,67,87)(H,72,76)(H,77,89)(H,78,90)(H,79,93)(H,80,88)(H,81,92)(H,82,91)(H,83,95)(H,84,94)(H,85,86)(H4,68,69,73)(H4,70,71,74)/t37-,43-,45-,46-,47-,48+,49+,50+,51-,53-/m0/s1. The molecule has 0 aliphatic carbocycles. The lowest BCUT2D eigenvalue weighted by Gasteiger charge is -2.30. The van der Waals surface area contributed by atoms with Gasteiger partial charge in [0.25, 0.3) is 0 Å². The van der Waals surface area contributed by atoms with E-state index in [9.17, 15) is 48.3 Å². The molecule has 0 unspecified atom stereocenters. The summed E-state index contributed by atoms with van der Waals surface area (Å²) < 4.78 is 0. The third-order valence-corrected chi connectivity index (χ3v) is 15.7. The van der Waals surface area contributed by atoms with Crippen molar-refractivity contribution in [3.05, 3.63) is 126 Å². The number of nitrogens with one attached hydrogen (secondary N) is 10. The predicted octanol–water partition coefficient (Wildman–Crippen LogP) is -2.00. The van der Waals surface area contributed by atoms with Crippen LogP contribution in [0.5, 0.6) is 0 Å². The zero-order valence-corrected chi connectivity index (χ0v) is 53.5. The summed E-state index contributed by atoms with van der Waals surface area (Å²) in [7, 11) is 0. The van der Waals surface area contributed by atoms with Crippen molar-refractivity contribution in [2.45, 2.75) is 158 Å². The van der Waals surface area contributed by atoms with Crippen LogP contribution in [-0.2, 0) is 73.6 Å². The number of hydrogen-bond donors (Lipinski definition) is 18. The van der Waals surface area contributed by atoms with Crippen LogP contribution in [0.4, 0.5) is 0 Å². The maximum absolute atomic E-state index is 15.0. The largest absolute Gasteiger partial charge is 0.481 e. The number of amides is 9. The van der Waals surface area contributed by atoms with E-state index in [2.05, 4.69) is 67.5 Å². The first-order valence-corrected chi connectivity index (χ1v) is 31.6. The number of H-pyrrole nitrogens is 2. The number of carboxylic acid groups (broad SMARTS) is 1. The molecule has 10 atom stereocenters. The summed E-state index contributed by atoms with van der Waals surface area (Å²) in [5.74, 6) is -9.63. The van der Waals surface area contributed by atoms with E-state index in [0.29, 0.717) is 48.1 Å². The molecule has 2 heterocycles. The van der Waals surface area contributed by atoms with Crippen LogP contribution in [0.2, 0.25) is 0 Å². The zero-order valence-electron chi connectivity index (χ0n) is 53.5. The number of fused-ring (bicyclic) bond motifs is 1. The number of carbonyl (C=O) groups excluding carboxylic acids is 9. The lowest BCUT2D eigenvalue weighted by molar-refractivity contribution is -0.138. The SMILES string of the molecule is CC[C@H](C)[C@H](NC(=O)[C@@H](Cc1ccccc1)NC(=O)[C@@H](Cc1c[nH]c2ccccc12)NC(=O)[C@@H](N)CCCN=C(N)N)C(=O)N[C@H](Cc1ccccc1)C(=O)N[C@@H](Cc1cnc[nH]1)C(=O)N[C@@H](CCCCN)C(=O)N[C@@H](CCCN=C(N)N)C(=O)N[C@@H](CCC(=O)O)C(N)=O. The first kappa shape index (κ1) is 75.3. The number of nitrogens with zero attached hydrogens (tertiary/aromatic N) is 3. The molecule has 0 saturated carbocycles. The molecule has 0 spiro atoms. The van der Waals surface area contributed by atoms with E-state index < -0.39 is 126 Å². The lowest BCUT2D eigenvalue weighted by atomic mass is 9.96. The Bertz CT molecular complexity index is 3380. The average molecular weight is 1320 g/mol. The fourth-order valence-corrected chi connectivity index (χ4v) is 10.3. The number of nitrogens with two attached hydrogens (primary N) is 7. The van der Waals surface area contributed by atoms with Crippen LogP contribution in [0.25, 0.3) is 10.9 Å². The van der Waals surface area contributed by atoms with Crippen molar-refractivity contribution in [3.8, 4) is 0 Å². The van der Waals surface area contributed by atoms with E-state index >= 15 is 4.79 Å². The highest BCUT2D eigenvalue weighted by atomic mass is 16.4. The number of carbonyl (C=O) groups is 10. The van der Waals surface area contributed by atoms with E-state index in [4.69, 9.17) is 40.1 Å². The van der Waals surface area contributed by atoms with Gasteiger partial charge in [-0.25, -0.2) is 4.98 Å². The molecule has 5 aromatic rings. The second kappa shape index (κ2) is 39.2. The molecule has 0 radical (unpaired) electrons. The van der Waals surface area contributed by atoms with Gasteiger partial charge in [-0.3, -0.25) is 57.9 Å². The van der Waals surface area contributed by atoms with Gasteiger partial charge >= 0.3 is 5.97 Å². The summed E-state index contributed by atoms with van der Waals surface area (Å²) in [6.07, 6.45) is 4.80. The van der Waals surface area contributed by atoms with Gasteiger partial charge in [-0.1, -0.05) is 99.1 Å². The number of aromatic amines is 2. The van der Waals surface area contributed by atoms with Gasteiger partial charge in [0.1, 0.15) is 48.3 Å². The number of primary amides is 1. The van der Waals surface area contributed by atoms with Crippen LogP contribution in [-0.4, -0.2) is 165 Å². The number of carboxylic acids is 1. The van der Waals surface area contributed by atoms with Crippen molar-refractivity contribution in [2.75, 3.05) is 19.6 Å². The predicted molar refractivity (Wildman–Crippen MR) is 356 cm³/mol. The highest BCUT2D eigenvalue weighted by Gasteiger charge is 2.37. The highest BCUT2D eigenvalue weighted by molar-refractivity contribution is 5.99. The first-order chi connectivity index (χ1) is 45.5. The minimum absolute atomic E-state index is 0.0177. The molecule has 5 rings (SSSR count). The number of guanidine groups is 2. The molecule has 9 amide bonds. The molecule has 31 heteroatoms. The number of para-hydroxylation sites is 1. The van der Waals surface area contributed by atoms with Gasteiger partial charge in [0.15, 0.2) is 11.9 Å². The average Bonchev–Trinajstić information content (AvgIpc) is 1.77. The Kier molecular flexibility index (Phi) is 31.1. The first-order valence-electron chi connectivity index (χ1n) is 31.6. The summed E-state index contributed by atoms with van der Waals surface area (Å²) in [5.41, 5.74) is 42.7. The molecule has 0 saturated heterocycles. The number of aliphatic carboxylic acids is 1. The van der Waals surface area contributed by atoms with Crippen molar-refractivity contribution >= 4 is 82.0 Å². The van der Waals surface area contributed by atoms with E-state index in [1.807, 2.05) is 24.3 Å². The Hall–Kier alpha value is -10.4. The smallest absolute Gasteiger partial charge is 0.303 e. The fourth-order valence-electron chi connectivity index (χ4n) is 10.3. The van der Waals surface area contributed by atoms with Gasteiger partial charge in [-0.15, -0.1) is 0 Å². The van der Waals surface area contributed by atoms with Gasteiger partial charge in [0.2, 0.25) is 53.2 Å². The number of rotatable bonds is 42. The molecule has 514 valence electrons. The molecule has 0 fully saturated rings. The van der Waals surface area contributed by atoms with E-state index in [1.54, 1.807) is 80.7 Å². The van der Waals surface area contributed by atoms with Crippen LogP contribution in [0.3, 0.4) is 0 Å². The molecular weight excluding hydrogens is 1220 g/mol. The summed E-state index contributed by atoms with van der Waals surface area (Å²) in [6, 6.07) is 12.8. The Morgan fingerprint density at radius 2 is 0.979 bits per heavy atom. The van der Waals surface area contributed by atoms with E-state index in [-0.39, 0.29) is 89.3 Å². The molecule has 3 aromatic carbocycles. The Balaban J connectivity index is 1.44. The summed E-state index contributed by atoms with van der Waals surface area (Å²) >= 11 is 0. The molecule has 2 aromatic heterocycles. The van der Waals surface area contributed by atoms with Crippen molar-refractivity contribution in [1.29, 1.82) is 0 Å². The highest BCUT2D eigenvalue weighted by Crippen LogP contribution is 2.20. The van der Waals surface area contributed by atoms with Gasteiger partial charge in [0, 0.05) is 74.2 Å². The second-order valence-corrected chi connectivity index (χ2v) is 23.1. The van der Waals surface area contributed by atoms with Crippen molar-refractivity contribution in [2.24, 2.45) is 56.0 Å². The Morgan fingerprint density at radius 3 is 1.49 bits per heavy atom. The summed E-state index contributed by atoms with van der Waals surface area (Å²) in [5, 5.41) is 32.0. The maximum atomic E-state index is 15.0. The number of aliphatic imine (C=N–C) groups is 2. The third kappa shape index (κ3) is 25.9. The van der Waals surface area contributed by atoms with Gasteiger partial charge in [0.05, 0.1) is 12.4 Å². The summed E-state index contributed by atoms with van der Waals surface area (Å²) in [4.78, 5) is 158. The quantitative estimate of drug-likeness (QED) is 0.0114. The molecule has 0 bridgehead atoms. The number of aromatic nitrogens is 3.